The first-order valence-corrected chi connectivity index (χ1v) is 4.23. The third-order valence-electron chi connectivity index (χ3n) is 1.41. The molecule has 0 spiro atoms. The van der Waals surface area contributed by atoms with Crippen molar-refractivity contribution in [3.63, 3.8) is 0 Å². The summed E-state index contributed by atoms with van der Waals surface area (Å²) < 4.78 is 12.8. The highest BCUT2D eigenvalue weighted by atomic mass is 19.1. The Hall–Kier alpha value is -1.91. The largest absolute Gasteiger partial charge is 0.369 e. The van der Waals surface area contributed by atoms with Gasteiger partial charge in [0.25, 0.3) is 0 Å². The van der Waals surface area contributed by atoms with Crippen LogP contribution in [0.1, 0.15) is 13.3 Å². The van der Waals surface area contributed by atoms with Crippen LogP contribution < -0.4 is 11.1 Å². The molecule has 4 nitrogen and oxygen atoms in total. The predicted molar refractivity (Wildman–Crippen MR) is 55.1 cm³/mol. The molecule has 0 saturated carbocycles. The second-order valence-electron chi connectivity index (χ2n) is 2.67. The highest BCUT2D eigenvalue weighted by Crippen LogP contribution is 2.02. The number of allylic oxidation sites excluding steroid dienone is 4. The fourth-order valence-electron chi connectivity index (χ4n) is 0.741. The van der Waals surface area contributed by atoms with Crippen LogP contribution in [0.4, 0.5) is 4.39 Å². The minimum Gasteiger partial charge on any atom is -0.369 e. The lowest BCUT2D eigenvalue weighted by atomic mass is 10.3. The van der Waals surface area contributed by atoms with E-state index < -0.39 is 24.1 Å². The molecule has 15 heavy (non-hydrogen) atoms. The Morgan fingerprint density at radius 1 is 1.53 bits per heavy atom. The zero-order chi connectivity index (χ0) is 11.8. The van der Waals surface area contributed by atoms with Crippen molar-refractivity contribution in [2.75, 3.05) is 0 Å². The van der Waals surface area contributed by atoms with E-state index in [1.807, 2.05) is 0 Å². The van der Waals surface area contributed by atoms with Crippen LogP contribution in [-0.4, -0.2) is 11.8 Å². The molecule has 0 fully saturated rings. The van der Waals surface area contributed by atoms with E-state index in [9.17, 15) is 14.0 Å². The van der Waals surface area contributed by atoms with Gasteiger partial charge in [-0.1, -0.05) is 12.7 Å². The van der Waals surface area contributed by atoms with Crippen LogP contribution in [0.25, 0.3) is 0 Å². The number of primary amides is 1. The standard InChI is InChI=1S/C10H13FN2O2/c1-3-7(11)5-8(4-2)13-10(15)6-9(12)14/h3-5H,2,6H2,1H3,(H2,12,14)(H,13,15)/b7-3+,8-5+. The Morgan fingerprint density at radius 2 is 2.13 bits per heavy atom. The van der Waals surface area contributed by atoms with Crippen LogP contribution in [0.5, 0.6) is 0 Å². The number of carbonyl (C=O) groups is 2. The molecule has 0 aromatic carbocycles. The molecule has 82 valence electrons. The van der Waals surface area contributed by atoms with Crippen molar-refractivity contribution in [1.82, 2.24) is 5.32 Å². The lowest BCUT2D eigenvalue weighted by Gasteiger charge is -2.03. The van der Waals surface area contributed by atoms with Gasteiger partial charge >= 0.3 is 0 Å². The van der Waals surface area contributed by atoms with Crippen molar-refractivity contribution in [2.24, 2.45) is 5.73 Å². The first-order valence-electron chi connectivity index (χ1n) is 4.23. The molecular weight excluding hydrogens is 199 g/mol. The molecule has 0 bridgehead atoms. The van der Waals surface area contributed by atoms with E-state index >= 15 is 0 Å². The second kappa shape index (κ2) is 6.53. The minimum absolute atomic E-state index is 0.178. The fraction of sp³-hybridized carbons (Fsp3) is 0.200. The summed E-state index contributed by atoms with van der Waals surface area (Å²) in [6, 6.07) is 0. The number of nitrogens with one attached hydrogen (secondary N) is 1. The highest BCUT2D eigenvalue weighted by Gasteiger charge is 2.06. The molecule has 0 aliphatic carbocycles. The number of carbonyl (C=O) groups excluding carboxylic acids is 2. The van der Waals surface area contributed by atoms with E-state index in [0.717, 1.165) is 6.08 Å². The third-order valence-corrected chi connectivity index (χ3v) is 1.41. The van der Waals surface area contributed by atoms with Gasteiger partial charge in [0.15, 0.2) is 0 Å². The molecule has 0 aromatic rings. The zero-order valence-electron chi connectivity index (χ0n) is 8.42. The number of hydrogen-bond donors (Lipinski definition) is 2. The number of nitrogens with two attached hydrogens (primary N) is 1. The Balaban J connectivity index is 4.47. The topological polar surface area (TPSA) is 72.2 Å². The number of halogens is 1. The van der Waals surface area contributed by atoms with Gasteiger partial charge in [0, 0.05) is 5.70 Å². The van der Waals surface area contributed by atoms with Gasteiger partial charge in [-0.2, -0.15) is 0 Å². The summed E-state index contributed by atoms with van der Waals surface area (Å²) in [5, 5.41) is 2.29. The van der Waals surface area contributed by atoms with E-state index in [1.165, 1.54) is 19.1 Å². The molecule has 0 unspecified atom stereocenters. The highest BCUT2D eigenvalue weighted by molar-refractivity contribution is 5.96. The van der Waals surface area contributed by atoms with Gasteiger partial charge in [0.2, 0.25) is 11.8 Å². The molecule has 0 radical (unpaired) electrons. The monoisotopic (exact) mass is 212 g/mol. The molecule has 0 aliphatic rings. The Labute approximate surface area is 87.3 Å². The number of hydrogen-bond acceptors (Lipinski definition) is 2. The van der Waals surface area contributed by atoms with Gasteiger partial charge in [-0.3, -0.25) is 9.59 Å². The smallest absolute Gasteiger partial charge is 0.233 e. The molecule has 0 saturated heterocycles. The Morgan fingerprint density at radius 3 is 2.53 bits per heavy atom. The van der Waals surface area contributed by atoms with Gasteiger partial charge in [-0.15, -0.1) is 0 Å². The van der Waals surface area contributed by atoms with E-state index in [1.54, 1.807) is 0 Å². The van der Waals surface area contributed by atoms with E-state index in [4.69, 9.17) is 5.73 Å². The maximum absolute atomic E-state index is 12.8. The summed E-state index contributed by atoms with van der Waals surface area (Å²) in [6.45, 7) is 4.90. The van der Waals surface area contributed by atoms with E-state index in [0.29, 0.717) is 0 Å². The molecule has 5 heteroatoms. The SMILES string of the molecule is C=C/C(=C\C(F)=C/C)NC(=O)CC(N)=O. The lowest BCUT2D eigenvalue weighted by Crippen LogP contribution is -2.27. The molecule has 0 rings (SSSR count). The van der Waals surface area contributed by atoms with Crippen LogP contribution in [0.2, 0.25) is 0 Å². The molecule has 0 aromatic heterocycles. The quantitative estimate of drug-likeness (QED) is 0.525. The Bertz CT molecular complexity index is 332. The van der Waals surface area contributed by atoms with Crippen molar-refractivity contribution in [3.8, 4) is 0 Å². The maximum Gasteiger partial charge on any atom is 0.233 e. The van der Waals surface area contributed by atoms with Gasteiger partial charge in [-0.25, -0.2) is 4.39 Å². The minimum atomic E-state index is -0.748. The van der Waals surface area contributed by atoms with Crippen molar-refractivity contribution < 1.29 is 14.0 Å². The summed E-state index contributed by atoms with van der Waals surface area (Å²) in [6.07, 6.45) is 3.14. The van der Waals surface area contributed by atoms with Crippen LogP contribution in [0, 0.1) is 0 Å². The van der Waals surface area contributed by atoms with Gasteiger partial charge < -0.3 is 11.1 Å². The summed E-state index contributed by atoms with van der Waals surface area (Å²) in [5.41, 5.74) is 4.99. The van der Waals surface area contributed by atoms with Crippen molar-refractivity contribution in [2.45, 2.75) is 13.3 Å². The second-order valence-corrected chi connectivity index (χ2v) is 2.67. The summed E-state index contributed by atoms with van der Waals surface area (Å²) in [7, 11) is 0. The molecule has 0 aliphatic heterocycles. The van der Waals surface area contributed by atoms with Crippen molar-refractivity contribution in [1.29, 1.82) is 0 Å². The summed E-state index contributed by atoms with van der Waals surface area (Å²) in [4.78, 5) is 21.4. The number of amides is 2. The fourth-order valence-corrected chi connectivity index (χ4v) is 0.741. The van der Waals surface area contributed by atoms with Crippen molar-refractivity contribution in [3.05, 3.63) is 36.3 Å². The van der Waals surface area contributed by atoms with Crippen LogP contribution >= 0.6 is 0 Å². The van der Waals surface area contributed by atoms with Crippen LogP contribution in [0.3, 0.4) is 0 Å². The first kappa shape index (κ1) is 13.1. The van der Waals surface area contributed by atoms with Gasteiger partial charge in [-0.05, 0) is 19.1 Å². The third kappa shape index (κ3) is 6.20. The first-order chi connectivity index (χ1) is 6.99. The van der Waals surface area contributed by atoms with Crippen LogP contribution in [-0.2, 0) is 9.59 Å². The average Bonchev–Trinajstić information content (AvgIpc) is 2.15. The molecule has 0 heterocycles. The van der Waals surface area contributed by atoms with Crippen molar-refractivity contribution >= 4 is 11.8 Å². The maximum atomic E-state index is 12.8. The summed E-state index contributed by atoms with van der Waals surface area (Å²) in [5.74, 6) is -1.86. The molecular formula is C10H13FN2O2. The zero-order valence-corrected chi connectivity index (χ0v) is 8.42. The van der Waals surface area contributed by atoms with Gasteiger partial charge in [0.05, 0.1) is 0 Å². The normalized spacial score (nSPS) is 12.1. The van der Waals surface area contributed by atoms with Crippen LogP contribution in [0.15, 0.2) is 36.3 Å². The van der Waals surface area contributed by atoms with Gasteiger partial charge in [0.1, 0.15) is 12.2 Å². The molecule has 3 N–H and O–H groups in total. The predicted octanol–water partition coefficient (Wildman–Crippen LogP) is 0.921. The van der Waals surface area contributed by atoms with E-state index in [-0.39, 0.29) is 5.70 Å². The summed E-state index contributed by atoms with van der Waals surface area (Å²) >= 11 is 0. The number of rotatable bonds is 5. The molecule has 0 atom stereocenters. The lowest BCUT2D eigenvalue weighted by molar-refractivity contribution is -0.127. The average molecular weight is 212 g/mol. The Kier molecular flexibility index (Phi) is 5.70. The van der Waals surface area contributed by atoms with E-state index in [2.05, 4.69) is 11.9 Å². The molecule has 2 amide bonds.